The Morgan fingerprint density at radius 1 is 1.07 bits per heavy atom. The van der Waals surface area contributed by atoms with Crippen molar-refractivity contribution in [2.75, 3.05) is 5.73 Å². The summed E-state index contributed by atoms with van der Waals surface area (Å²) in [4.78, 5) is 25.3. The van der Waals surface area contributed by atoms with Gasteiger partial charge < -0.3 is 15.8 Å². The largest absolute Gasteiger partial charge is 0.470 e. The van der Waals surface area contributed by atoms with Gasteiger partial charge in [0.2, 0.25) is 11.8 Å². The van der Waals surface area contributed by atoms with E-state index in [2.05, 4.69) is 15.3 Å². The molecule has 4 rings (SSSR count). The first-order valence-electron chi connectivity index (χ1n) is 9.33. The molecular formula is C21H23N5O2. The van der Waals surface area contributed by atoms with Crippen molar-refractivity contribution in [3.05, 3.63) is 42.0 Å². The summed E-state index contributed by atoms with van der Waals surface area (Å²) in [6, 6.07) is 11.4. The van der Waals surface area contributed by atoms with Gasteiger partial charge in [-0.05, 0) is 57.9 Å². The Labute approximate surface area is 163 Å². The van der Waals surface area contributed by atoms with Crippen molar-refractivity contribution in [3.8, 4) is 17.1 Å². The van der Waals surface area contributed by atoms with Gasteiger partial charge in [0.15, 0.2) is 5.52 Å². The Morgan fingerprint density at radius 2 is 1.79 bits per heavy atom. The number of amides is 1. The second kappa shape index (κ2) is 6.74. The molecule has 2 aromatic heterocycles. The van der Waals surface area contributed by atoms with E-state index in [1.54, 1.807) is 0 Å². The Kier molecular flexibility index (Phi) is 4.37. The SMILES string of the molecule is CC(C)(C)Oc1nc(N)nc2ccc(-c3ccc(C(=O)NC4CC4)cc3)nc12. The number of nitrogens with one attached hydrogen (secondary N) is 1. The molecule has 1 aromatic carbocycles. The molecule has 1 saturated carbocycles. The summed E-state index contributed by atoms with van der Waals surface area (Å²) in [6.07, 6.45) is 2.13. The Hall–Kier alpha value is -3.22. The van der Waals surface area contributed by atoms with E-state index in [0.29, 0.717) is 28.5 Å². The van der Waals surface area contributed by atoms with Crippen LogP contribution in [0.25, 0.3) is 22.3 Å². The van der Waals surface area contributed by atoms with Crippen molar-refractivity contribution in [2.45, 2.75) is 45.3 Å². The summed E-state index contributed by atoms with van der Waals surface area (Å²) in [5.41, 5.74) is 8.82. The predicted molar refractivity (Wildman–Crippen MR) is 108 cm³/mol. The average molecular weight is 377 g/mol. The number of anilines is 1. The van der Waals surface area contributed by atoms with Gasteiger partial charge in [0.25, 0.3) is 5.91 Å². The molecule has 0 saturated heterocycles. The number of hydrogen-bond donors (Lipinski definition) is 2. The molecule has 3 N–H and O–H groups in total. The Morgan fingerprint density at radius 3 is 2.43 bits per heavy atom. The number of nitrogens with zero attached hydrogens (tertiary/aromatic N) is 3. The fraction of sp³-hybridized carbons (Fsp3) is 0.333. The molecule has 0 radical (unpaired) electrons. The van der Waals surface area contributed by atoms with Crippen LogP contribution in [0.3, 0.4) is 0 Å². The predicted octanol–water partition coefficient (Wildman–Crippen LogP) is 3.34. The third-order valence-electron chi connectivity index (χ3n) is 4.29. The quantitative estimate of drug-likeness (QED) is 0.723. The van der Waals surface area contributed by atoms with Crippen LogP contribution in [-0.4, -0.2) is 32.5 Å². The van der Waals surface area contributed by atoms with Gasteiger partial charge in [-0.1, -0.05) is 12.1 Å². The number of nitrogens with two attached hydrogens (primary N) is 1. The number of hydrogen-bond acceptors (Lipinski definition) is 6. The van der Waals surface area contributed by atoms with Crippen molar-refractivity contribution in [2.24, 2.45) is 0 Å². The smallest absolute Gasteiger partial charge is 0.251 e. The van der Waals surface area contributed by atoms with Crippen LogP contribution in [0.1, 0.15) is 44.0 Å². The van der Waals surface area contributed by atoms with Gasteiger partial charge in [0.1, 0.15) is 5.60 Å². The number of rotatable bonds is 4. The number of aromatic nitrogens is 3. The molecular weight excluding hydrogens is 354 g/mol. The number of carbonyl (C=O) groups excluding carboxylic acids is 1. The molecule has 7 nitrogen and oxygen atoms in total. The summed E-state index contributed by atoms with van der Waals surface area (Å²) in [7, 11) is 0. The molecule has 144 valence electrons. The molecule has 1 aliphatic rings. The van der Waals surface area contributed by atoms with Crippen molar-refractivity contribution >= 4 is 22.9 Å². The van der Waals surface area contributed by atoms with Crippen molar-refractivity contribution in [1.82, 2.24) is 20.3 Å². The highest BCUT2D eigenvalue weighted by Crippen LogP contribution is 2.28. The number of benzene rings is 1. The van der Waals surface area contributed by atoms with Crippen LogP contribution in [0, 0.1) is 0 Å². The maximum atomic E-state index is 12.2. The number of carbonyl (C=O) groups is 1. The van der Waals surface area contributed by atoms with E-state index >= 15 is 0 Å². The molecule has 1 aliphatic carbocycles. The highest BCUT2D eigenvalue weighted by molar-refractivity contribution is 5.95. The minimum absolute atomic E-state index is 0.0368. The first-order chi connectivity index (χ1) is 13.3. The maximum absolute atomic E-state index is 12.2. The van der Waals surface area contributed by atoms with E-state index in [1.165, 1.54) is 0 Å². The lowest BCUT2D eigenvalue weighted by Gasteiger charge is -2.21. The Balaban J connectivity index is 1.67. The van der Waals surface area contributed by atoms with Crippen LogP contribution in [0.15, 0.2) is 36.4 Å². The lowest BCUT2D eigenvalue weighted by molar-refractivity contribution is 0.0951. The van der Waals surface area contributed by atoms with Gasteiger partial charge in [-0.15, -0.1) is 0 Å². The van der Waals surface area contributed by atoms with E-state index in [9.17, 15) is 4.79 Å². The zero-order valence-electron chi connectivity index (χ0n) is 16.2. The first kappa shape index (κ1) is 18.2. The van der Waals surface area contributed by atoms with Crippen molar-refractivity contribution in [1.29, 1.82) is 0 Å². The summed E-state index contributed by atoms with van der Waals surface area (Å²) in [5.74, 6) is 0.467. The van der Waals surface area contributed by atoms with Gasteiger partial charge >= 0.3 is 0 Å². The average Bonchev–Trinajstić information content (AvgIpc) is 3.44. The zero-order chi connectivity index (χ0) is 19.9. The van der Waals surface area contributed by atoms with Crippen LogP contribution in [-0.2, 0) is 0 Å². The first-order valence-corrected chi connectivity index (χ1v) is 9.33. The summed E-state index contributed by atoms with van der Waals surface area (Å²) in [5, 5.41) is 2.99. The van der Waals surface area contributed by atoms with Gasteiger partial charge in [-0.25, -0.2) is 9.97 Å². The van der Waals surface area contributed by atoms with Crippen molar-refractivity contribution in [3.63, 3.8) is 0 Å². The van der Waals surface area contributed by atoms with Gasteiger partial charge in [-0.2, -0.15) is 4.98 Å². The third-order valence-corrected chi connectivity index (χ3v) is 4.29. The molecule has 0 atom stereocenters. The molecule has 3 aromatic rings. The minimum atomic E-state index is -0.442. The van der Waals surface area contributed by atoms with Crippen LogP contribution in [0.2, 0.25) is 0 Å². The van der Waals surface area contributed by atoms with Crippen LogP contribution >= 0.6 is 0 Å². The lowest BCUT2D eigenvalue weighted by atomic mass is 10.1. The minimum Gasteiger partial charge on any atom is -0.470 e. The fourth-order valence-corrected chi connectivity index (χ4v) is 2.82. The van der Waals surface area contributed by atoms with Crippen LogP contribution in [0.4, 0.5) is 5.95 Å². The summed E-state index contributed by atoms with van der Waals surface area (Å²) in [6.45, 7) is 5.81. The van der Waals surface area contributed by atoms with E-state index < -0.39 is 5.60 Å². The zero-order valence-corrected chi connectivity index (χ0v) is 16.2. The molecule has 1 amide bonds. The van der Waals surface area contributed by atoms with Crippen LogP contribution in [0.5, 0.6) is 5.88 Å². The molecule has 0 aliphatic heterocycles. The molecule has 2 heterocycles. The molecule has 28 heavy (non-hydrogen) atoms. The number of nitrogen functional groups attached to an aromatic ring is 1. The fourth-order valence-electron chi connectivity index (χ4n) is 2.82. The van der Waals surface area contributed by atoms with Crippen molar-refractivity contribution < 1.29 is 9.53 Å². The standard InChI is InChI=1S/C21H23N5O2/c1-21(2,3)28-19-17-16(25-20(22)26-19)11-10-15(24-17)12-4-6-13(7-5-12)18(27)23-14-8-9-14/h4-7,10-11,14H,8-9H2,1-3H3,(H,23,27)(H2,22,25,26). The Bertz CT molecular complexity index is 1040. The molecule has 7 heteroatoms. The number of fused-ring (bicyclic) bond motifs is 1. The molecule has 0 bridgehead atoms. The second-order valence-corrected chi connectivity index (χ2v) is 7.99. The lowest BCUT2D eigenvalue weighted by Crippen LogP contribution is -2.25. The second-order valence-electron chi connectivity index (χ2n) is 7.99. The van der Waals surface area contributed by atoms with E-state index in [-0.39, 0.29) is 11.9 Å². The summed E-state index contributed by atoms with van der Waals surface area (Å²) < 4.78 is 5.93. The maximum Gasteiger partial charge on any atom is 0.251 e. The van der Waals surface area contributed by atoms with E-state index in [0.717, 1.165) is 24.1 Å². The highest BCUT2D eigenvalue weighted by atomic mass is 16.5. The summed E-state index contributed by atoms with van der Waals surface area (Å²) >= 11 is 0. The molecule has 1 fully saturated rings. The number of pyridine rings is 1. The topological polar surface area (TPSA) is 103 Å². The van der Waals surface area contributed by atoms with E-state index in [1.807, 2.05) is 57.2 Å². The highest BCUT2D eigenvalue weighted by Gasteiger charge is 2.23. The van der Waals surface area contributed by atoms with E-state index in [4.69, 9.17) is 15.5 Å². The van der Waals surface area contributed by atoms with Crippen LogP contribution < -0.4 is 15.8 Å². The third kappa shape index (κ3) is 4.03. The number of ether oxygens (including phenoxy) is 1. The van der Waals surface area contributed by atoms with Gasteiger partial charge in [-0.3, -0.25) is 4.79 Å². The molecule has 0 unspecified atom stereocenters. The molecule has 0 spiro atoms. The normalized spacial score (nSPS) is 14.1. The van der Waals surface area contributed by atoms with Gasteiger partial charge in [0.05, 0.1) is 11.2 Å². The monoisotopic (exact) mass is 377 g/mol. The van der Waals surface area contributed by atoms with Gasteiger partial charge in [0, 0.05) is 17.2 Å².